The number of nitrogens with zero attached hydrogens (tertiary/aromatic N) is 1. The van der Waals surface area contributed by atoms with Crippen molar-refractivity contribution in [1.82, 2.24) is 4.90 Å². The van der Waals surface area contributed by atoms with Gasteiger partial charge in [-0.2, -0.15) is 0 Å². The Bertz CT molecular complexity index is 495. The predicted octanol–water partition coefficient (Wildman–Crippen LogP) is 2.13. The summed E-state index contributed by atoms with van der Waals surface area (Å²) in [6.07, 6.45) is 0.966. The third-order valence-electron chi connectivity index (χ3n) is 3.57. The van der Waals surface area contributed by atoms with Gasteiger partial charge in [0.05, 0.1) is 13.0 Å². The molecule has 6 heteroatoms. The largest absolute Gasteiger partial charge is 0.481 e. The summed E-state index contributed by atoms with van der Waals surface area (Å²) in [6, 6.07) is 7.39. The quantitative estimate of drug-likeness (QED) is 0.871. The maximum Gasteiger partial charge on any atom is 0.321 e. The lowest BCUT2D eigenvalue weighted by molar-refractivity contribution is -0.137. The third kappa shape index (κ3) is 4.46. The summed E-state index contributed by atoms with van der Waals surface area (Å²) in [4.78, 5) is 23.7. The Morgan fingerprint density at radius 3 is 2.67 bits per heavy atom. The molecule has 1 aliphatic rings. The zero-order valence-corrected chi connectivity index (χ0v) is 12.0. The first-order valence-corrected chi connectivity index (χ1v) is 6.98. The van der Waals surface area contributed by atoms with Crippen molar-refractivity contribution >= 4 is 17.7 Å². The number of hydrogen-bond donors (Lipinski definition) is 2. The van der Waals surface area contributed by atoms with Gasteiger partial charge in [-0.25, -0.2) is 4.79 Å². The number of carboxylic acid groups (broad SMARTS) is 1. The van der Waals surface area contributed by atoms with Crippen molar-refractivity contribution in [1.29, 1.82) is 0 Å². The standard InChI is InChI=1S/C15H20N2O4/c1-17(8-6-14(18)19)15(20)16-13-4-2-11(3-5-13)12-7-9-21-10-12/h2-5,12H,6-10H2,1H3,(H,16,20)(H,18,19). The summed E-state index contributed by atoms with van der Waals surface area (Å²) in [7, 11) is 1.57. The van der Waals surface area contributed by atoms with Gasteiger partial charge < -0.3 is 20.1 Å². The van der Waals surface area contributed by atoms with E-state index < -0.39 is 5.97 Å². The number of nitrogens with one attached hydrogen (secondary N) is 1. The molecule has 2 N–H and O–H groups in total. The third-order valence-corrected chi connectivity index (χ3v) is 3.57. The van der Waals surface area contributed by atoms with E-state index >= 15 is 0 Å². The first kappa shape index (κ1) is 15.3. The van der Waals surface area contributed by atoms with Gasteiger partial charge in [-0.15, -0.1) is 0 Å². The average molecular weight is 292 g/mol. The van der Waals surface area contributed by atoms with E-state index in [1.807, 2.05) is 24.3 Å². The highest BCUT2D eigenvalue weighted by atomic mass is 16.5. The topological polar surface area (TPSA) is 78.9 Å². The van der Waals surface area contributed by atoms with Crippen molar-refractivity contribution < 1.29 is 19.4 Å². The summed E-state index contributed by atoms with van der Waals surface area (Å²) < 4.78 is 5.36. The molecule has 114 valence electrons. The lowest BCUT2D eigenvalue weighted by Gasteiger charge is -2.17. The smallest absolute Gasteiger partial charge is 0.321 e. The molecule has 0 saturated carbocycles. The maximum absolute atomic E-state index is 11.9. The van der Waals surface area contributed by atoms with Crippen molar-refractivity contribution in [2.24, 2.45) is 0 Å². The molecule has 0 aliphatic carbocycles. The number of anilines is 1. The first-order chi connectivity index (χ1) is 10.1. The molecule has 1 aliphatic heterocycles. The number of rotatable bonds is 5. The maximum atomic E-state index is 11.9. The molecule has 0 bridgehead atoms. The number of amides is 2. The Kier molecular flexibility index (Phi) is 5.16. The minimum Gasteiger partial charge on any atom is -0.481 e. The number of hydrogen-bond acceptors (Lipinski definition) is 3. The van der Waals surface area contributed by atoms with Crippen LogP contribution in [0, 0.1) is 0 Å². The minimum absolute atomic E-state index is 0.0649. The Balaban J connectivity index is 1.87. The molecule has 0 radical (unpaired) electrons. The lowest BCUT2D eigenvalue weighted by atomic mass is 9.98. The van der Waals surface area contributed by atoms with E-state index in [0.29, 0.717) is 11.6 Å². The molecule has 6 nitrogen and oxygen atoms in total. The van der Waals surface area contributed by atoms with Gasteiger partial charge in [0.2, 0.25) is 0 Å². The molecule has 0 aromatic heterocycles. The fourth-order valence-electron chi connectivity index (χ4n) is 2.22. The van der Waals surface area contributed by atoms with Gasteiger partial charge >= 0.3 is 12.0 Å². The van der Waals surface area contributed by atoms with Crippen LogP contribution in [0.2, 0.25) is 0 Å². The molecule has 21 heavy (non-hydrogen) atoms. The van der Waals surface area contributed by atoms with E-state index in [2.05, 4.69) is 5.32 Å². The number of carbonyl (C=O) groups excluding carboxylic acids is 1. The highest BCUT2D eigenvalue weighted by Gasteiger charge is 2.17. The van der Waals surface area contributed by atoms with E-state index in [1.165, 1.54) is 10.5 Å². The molecule has 1 aromatic carbocycles. The van der Waals surface area contributed by atoms with Gasteiger partial charge in [0, 0.05) is 31.8 Å². The number of benzene rings is 1. The predicted molar refractivity (Wildman–Crippen MR) is 78.5 cm³/mol. The van der Waals surface area contributed by atoms with Crippen LogP contribution in [0.1, 0.15) is 24.3 Å². The molecule has 1 fully saturated rings. The van der Waals surface area contributed by atoms with Gasteiger partial charge in [-0.3, -0.25) is 4.79 Å². The van der Waals surface area contributed by atoms with Crippen LogP contribution in [0.25, 0.3) is 0 Å². The summed E-state index contributed by atoms with van der Waals surface area (Å²) in [5.74, 6) is -0.481. The van der Waals surface area contributed by atoms with E-state index in [4.69, 9.17) is 9.84 Å². The van der Waals surface area contributed by atoms with Crippen LogP contribution in [0.5, 0.6) is 0 Å². The molecule has 2 rings (SSSR count). The first-order valence-electron chi connectivity index (χ1n) is 6.98. The second-order valence-corrected chi connectivity index (χ2v) is 5.18. The fraction of sp³-hybridized carbons (Fsp3) is 0.467. The van der Waals surface area contributed by atoms with Crippen LogP contribution >= 0.6 is 0 Å². The van der Waals surface area contributed by atoms with E-state index in [-0.39, 0.29) is 19.0 Å². The van der Waals surface area contributed by atoms with Gasteiger partial charge in [-0.1, -0.05) is 12.1 Å². The SMILES string of the molecule is CN(CCC(=O)O)C(=O)Nc1ccc(C2CCOC2)cc1. The van der Waals surface area contributed by atoms with Crippen LogP contribution in [0.4, 0.5) is 10.5 Å². The van der Waals surface area contributed by atoms with Crippen molar-refractivity contribution in [3.63, 3.8) is 0 Å². The molecule has 1 saturated heterocycles. The van der Waals surface area contributed by atoms with Crippen LogP contribution in [0.3, 0.4) is 0 Å². The van der Waals surface area contributed by atoms with Crippen molar-refractivity contribution in [2.45, 2.75) is 18.8 Å². The second kappa shape index (κ2) is 7.08. The monoisotopic (exact) mass is 292 g/mol. The number of urea groups is 1. The highest BCUT2D eigenvalue weighted by molar-refractivity contribution is 5.89. The van der Waals surface area contributed by atoms with Crippen LogP contribution in [-0.4, -0.2) is 48.8 Å². The summed E-state index contributed by atoms with van der Waals surface area (Å²) in [6.45, 7) is 1.74. The molecular weight excluding hydrogens is 272 g/mol. The summed E-state index contributed by atoms with van der Waals surface area (Å²) >= 11 is 0. The summed E-state index contributed by atoms with van der Waals surface area (Å²) in [5.41, 5.74) is 1.91. The second-order valence-electron chi connectivity index (χ2n) is 5.18. The van der Waals surface area contributed by atoms with E-state index in [1.54, 1.807) is 7.05 Å². The molecule has 1 aromatic rings. The van der Waals surface area contributed by atoms with Gasteiger partial charge in [0.1, 0.15) is 0 Å². The van der Waals surface area contributed by atoms with Crippen LogP contribution in [0.15, 0.2) is 24.3 Å². The molecule has 1 unspecified atom stereocenters. The number of ether oxygens (including phenoxy) is 1. The Morgan fingerprint density at radius 2 is 2.10 bits per heavy atom. The van der Waals surface area contributed by atoms with Crippen molar-refractivity contribution in [2.75, 3.05) is 32.1 Å². The fourth-order valence-corrected chi connectivity index (χ4v) is 2.22. The van der Waals surface area contributed by atoms with E-state index in [0.717, 1.165) is 19.6 Å². The Hall–Kier alpha value is -2.08. The van der Waals surface area contributed by atoms with Gasteiger partial charge in [0.15, 0.2) is 0 Å². The van der Waals surface area contributed by atoms with E-state index in [9.17, 15) is 9.59 Å². The highest BCUT2D eigenvalue weighted by Crippen LogP contribution is 2.26. The van der Waals surface area contributed by atoms with Crippen LogP contribution in [-0.2, 0) is 9.53 Å². The summed E-state index contributed by atoms with van der Waals surface area (Å²) in [5, 5.41) is 11.3. The molecule has 1 heterocycles. The lowest BCUT2D eigenvalue weighted by Crippen LogP contribution is -2.33. The number of aliphatic carboxylic acids is 1. The van der Waals surface area contributed by atoms with Crippen molar-refractivity contribution in [3.05, 3.63) is 29.8 Å². The molecule has 1 atom stereocenters. The number of carbonyl (C=O) groups is 2. The zero-order chi connectivity index (χ0) is 15.2. The normalized spacial score (nSPS) is 17.5. The van der Waals surface area contributed by atoms with Gasteiger partial charge in [0.25, 0.3) is 0 Å². The molecule has 0 spiro atoms. The van der Waals surface area contributed by atoms with Gasteiger partial charge in [-0.05, 0) is 24.1 Å². The Morgan fingerprint density at radius 1 is 1.38 bits per heavy atom. The minimum atomic E-state index is -0.919. The molecule has 2 amide bonds. The van der Waals surface area contributed by atoms with Crippen LogP contribution < -0.4 is 5.32 Å². The Labute approximate surface area is 123 Å². The number of carboxylic acids is 1. The zero-order valence-electron chi connectivity index (χ0n) is 12.0. The average Bonchev–Trinajstić information content (AvgIpc) is 2.99. The van der Waals surface area contributed by atoms with Crippen molar-refractivity contribution in [3.8, 4) is 0 Å². The molecular formula is C15H20N2O4.